The Balaban J connectivity index is 1.49. The van der Waals surface area contributed by atoms with E-state index in [2.05, 4.69) is 15.3 Å². The van der Waals surface area contributed by atoms with Crippen molar-refractivity contribution in [3.63, 3.8) is 0 Å². The lowest BCUT2D eigenvalue weighted by atomic mass is 9.92. The van der Waals surface area contributed by atoms with E-state index in [1.807, 2.05) is 24.3 Å². The van der Waals surface area contributed by atoms with E-state index in [0.29, 0.717) is 22.5 Å². The molecule has 1 aromatic carbocycles. The fraction of sp³-hybridized carbons (Fsp3) is 0.346. The highest BCUT2D eigenvalue weighted by molar-refractivity contribution is 5.89. The molecule has 1 aromatic heterocycles. The van der Waals surface area contributed by atoms with Gasteiger partial charge in [0.1, 0.15) is 11.6 Å². The number of esters is 1. The molecule has 2 aromatic rings. The predicted octanol–water partition coefficient (Wildman–Crippen LogP) is 4.98. The summed E-state index contributed by atoms with van der Waals surface area (Å²) in [6, 6.07) is 7.38. The summed E-state index contributed by atoms with van der Waals surface area (Å²) in [5, 5.41) is 13.7. The standard InChI is InChI=1S/C26H28FN3O3/c1-17-20(7-5-3-4-6-8-21(17)27)24(31)30-23-16-28-22(15-29-23)26(13-14-26)19-11-9-18(10-12-19)25(32)33-2/h6-12,15-16,24,31H,3-5,13-14H2,1-2H3,(H,29,30). The molecule has 0 aliphatic heterocycles. The van der Waals surface area contributed by atoms with Crippen LogP contribution in [0.5, 0.6) is 0 Å². The zero-order valence-electron chi connectivity index (χ0n) is 18.8. The Hall–Kier alpha value is -3.32. The van der Waals surface area contributed by atoms with Crippen LogP contribution in [0.2, 0.25) is 0 Å². The Morgan fingerprint density at radius 3 is 2.58 bits per heavy atom. The Morgan fingerprint density at radius 2 is 1.94 bits per heavy atom. The number of hydrogen-bond acceptors (Lipinski definition) is 6. The van der Waals surface area contributed by atoms with Gasteiger partial charge in [0, 0.05) is 11.0 Å². The van der Waals surface area contributed by atoms with E-state index in [9.17, 15) is 14.3 Å². The third kappa shape index (κ3) is 4.88. The summed E-state index contributed by atoms with van der Waals surface area (Å²) in [7, 11) is 1.36. The zero-order chi connectivity index (χ0) is 23.4. The molecule has 0 spiro atoms. The van der Waals surface area contributed by atoms with Gasteiger partial charge < -0.3 is 15.2 Å². The van der Waals surface area contributed by atoms with E-state index >= 15 is 0 Å². The van der Waals surface area contributed by atoms with Gasteiger partial charge >= 0.3 is 5.97 Å². The molecule has 1 unspecified atom stereocenters. The molecular formula is C26H28FN3O3. The van der Waals surface area contributed by atoms with Crippen LogP contribution in [-0.2, 0) is 10.2 Å². The molecule has 172 valence electrons. The van der Waals surface area contributed by atoms with Crippen molar-refractivity contribution in [2.75, 3.05) is 12.4 Å². The van der Waals surface area contributed by atoms with Gasteiger partial charge in [0.2, 0.25) is 0 Å². The number of rotatable bonds is 6. The van der Waals surface area contributed by atoms with Crippen molar-refractivity contribution in [2.24, 2.45) is 0 Å². The molecule has 2 N–H and O–H groups in total. The molecule has 0 amide bonds. The number of carbonyl (C=O) groups is 1. The number of aliphatic hydroxyl groups excluding tert-OH is 1. The van der Waals surface area contributed by atoms with Crippen molar-refractivity contribution in [3.8, 4) is 0 Å². The number of benzene rings is 1. The number of nitrogens with one attached hydrogen (secondary N) is 1. The van der Waals surface area contributed by atoms with Crippen LogP contribution in [0.15, 0.2) is 71.9 Å². The Labute approximate surface area is 192 Å². The first-order valence-corrected chi connectivity index (χ1v) is 11.1. The monoisotopic (exact) mass is 449 g/mol. The maximum absolute atomic E-state index is 14.3. The summed E-state index contributed by atoms with van der Waals surface area (Å²) < 4.78 is 19.1. The molecule has 1 heterocycles. The van der Waals surface area contributed by atoms with Crippen molar-refractivity contribution >= 4 is 11.8 Å². The second-order valence-electron chi connectivity index (χ2n) is 8.45. The third-order valence-electron chi connectivity index (χ3n) is 6.32. The Kier molecular flexibility index (Phi) is 6.70. The number of anilines is 1. The van der Waals surface area contributed by atoms with Gasteiger partial charge in [0.15, 0.2) is 6.23 Å². The molecule has 6 nitrogen and oxygen atoms in total. The van der Waals surface area contributed by atoms with E-state index in [1.165, 1.54) is 13.2 Å². The number of hydrogen-bond donors (Lipinski definition) is 2. The predicted molar refractivity (Wildman–Crippen MR) is 124 cm³/mol. The van der Waals surface area contributed by atoms with Gasteiger partial charge in [-0.2, -0.15) is 0 Å². The molecule has 2 aliphatic rings. The van der Waals surface area contributed by atoms with Crippen LogP contribution < -0.4 is 5.32 Å². The van der Waals surface area contributed by atoms with E-state index < -0.39 is 6.23 Å². The highest BCUT2D eigenvalue weighted by Crippen LogP contribution is 2.52. The van der Waals surface area contributed by atoms with Crippen molar-refractivity contribution in [3.05, 3.63) is 88.7 Å². The minimum atomic E-state index is -1.09. The second-order valence-corrected chi connectivity index (χ2v) is 8.45. The molecule has 0 bridgehead atoms. The number of aromatic nitrogens is 2. The highest BCUT2D eigenvalue weighted by Gasteiger charge is 2.47. The molecule has 1 saturated carbocycles. The van der Waals surface area contributed by atoms with Gasteiger partial charge in [-0.3, -0.25) is 4.98 Å². The Bertz CT molecular complexity index is 1100. The van der Waals surface area contributed by atoms with Crippen molar-refractivity contribution in [1.82, 2.24) is 9.97 Å². The largest absolute Gasteiger partial charge is 0.465 e. The number of nitrogens with zero attached hydrogens (tertiary/aromatic N) is 2. The van der Waals surface area contributed by atoms with Gasteiger partial charge in [0.25, 0.3) is 0 Å². The summed E-state index contributed by atoms with van der Waals surface area (Å²) in [4.78, 5) is 20.7. The number of aliphatic hydroxyl groups is 1. The molecule has 4 rings (SSSR count). The minimum Gasteiger partial charge on any atom is -0.465 e. The van der Waals surface area contributed by atoms with E-state index in [0.717, 1.165) is 43.4 Å². The SMILES string of the molecule is COC(=O)c1ccc(C2(c3cnc(NC(O)C4=CCCCC=CC(F)=C4C)cn3)CC2)cc1. The number of carbonyl (C=O) groups excluding carboxylic acids is 1. The first-order valence-electron chi connectivity index (χ1n) is 11.1. The zero-order valence-corrected chi connectivity index (χ0v) is 18.8. The van der Waals surface area contributed by atoms with Crippen molar-refractivity contribution in [1.29, 1.82) is 0 Å². The molecular weight excluding hydrogens is 421 g/mol. The molecule has 1 fully saturated rings. The van der Waals surface area contributed by atoms with Crippen molar-refractivity contribution < 1.29 is 19.0 Å². The smallest absolute Gasteiger partial charge is 0.337 e. The van der Waals surface area contributed by atoms with Gasteiger partial charge in [-0.1, -0.05) is 24.3 Å². The normalized spacial score (nSPS) is 18.5. The van der Waals surface area contributed by atoms with E-state index in [-0.39, 0.29) is 17.2 Å². The quantitative estimate of drug-likeness (QED) is 0.478. The molecule has 7 heteroatoms. The van der Waals surface area contributed by atoms with Gasteiger partial charge in [0.05, 0.1) is 30.8 Å². The summed E-state index contributed by atoms with van der Waals surface area (Å²) in [5.41, 5.74) is 3.12. The summed E-state index contributed by atoms with van der Waals surface area (Å²) in [6.07, 6.45) is 11.7. The molecule has 33 heavy (non-hydrogen) atoms. The average molecular weight is 450 g/mol. The molecule has 2 aliphatic carbocycles. The van der Waals surface area contributed by atoms with Gasteiger partial charge in [-0.15, -0.1) is 0 Å². The summed E-state index contributed by atoms with van der Waals surface area (Å²) >= 11 is 0. The van der Waals surface area contributed by atoms with Crippen LogP contribution in [0.1, 0.15) is 60.6 Å². The lowest BCUT2D eigenvalue weighted by Crippen LogP contribution is -2.23. The van der Waals surface area contributed by atoms with Gasteiger partial charge in [-0.05, 0) is 68.4 Å². The minimum absolute atomic E-state index is 0.214. The number of ether oxygens (including phenoxy) is 1. The average Bonchev–Trinajstić information content (AvgIpc) is 3.64. The molecule has 0 radical (unpaired) electrons. The van der Waals surface area contributed by atoms with Gasteiger partial charge in [-0.25, -0.2) is 14.2 Å². The van der Waals surface area contributed by atoms with Crippen LogP contribution in [0.25, 0.3) is 0 Å². The first kappa shape index (κ1) is 22.9. The molecule has 0 saturated heterocycles. The van der Waals surface area contributed by atoms with Crippen LogP contribution in [0.3, 0.4) is 0 Å². The van der Waals surface area contributed by atoms with E-state index in [1.54, 1.807) is 31.5 Å². The molecule has 1 atom stereocenters. The maximum Gasteiger partial charge on any atom is 0.337 e. The lowest BCUT2D eigenvalue weighted by molar-refractivity contribution is 0.0600. The van der Waals surface area contributed by atoms with Crippen LogP contribution in [-0.4, -0.2) is 34.4 Å². The highest BCUT2D eigenvalue weighted by atomic mass is 19.1. The maximum atomic E-state index is 14.3. The first-order chi connectivity index (χ1) is 15.9. The number of halogens is 1. The van der Waals surface area contributed by atoms with Crippen LogP contribution in [0.4, 0.5) is 10.2 Å². The lowest BCUT2D eigenvalue weighted by Gasteiger charge is -2.19. The third-order valence-corrected chi connectivity index (χ3v) is 6.32. The number of methoxy groups -OCH3 is 1. The topological polar surface area (TPSA) is 84.3 Å². The fourth-order valence-electron chi connectivity index (χ4n) is 4.14. The fourth-order valence-corrected chi connectivity index (χ4v) is 4.14. The number of allylic oxidation sites excluding steroid dienone is 4. The summed E-state index contributed by atoms with van der Waals surface area (Å²) in [5.74, 6) is -0.303. The Morgan fingerprint density at radius 1 is 1.18 bits per heavy atom. The van der Waals surface area contributed by atoms with E-state index in [4.69, 9.17) is 4.74 Å². The van der Waals surface area contributed by atoms with Crippen LogP contribution >= 0.6 is 0 Å². The van der Waals surface area contributed by atoms with Crippen LogP contribution in [0, 0.1) is 0 Å². The second kappa shape index (κ2) is 9.67. The summed E-state index contributed by atoms with van der Waals surface area (Å²) in [6.45, 7) is 1.67. The van der Waals surface area contributed by atoms with Crippen molar-refractivity contribution in [2.45, 2.75) is 50.7 Å².